The van der Waals surface area contributed by atoms with Crippen LogP contribution >= 0.6 is 0 Å². The Balaban J connectivity index is 1.67. The molecule has 0 spiro atoms. The minimum Gasteiger partial charge on any atom is -0.467 e. The van der Waals surface area contributed by atoms with Crippen LogP contribution in [-0.4, -0.2) is 17.9 Å². The summed E-state index contributed by atoms with van der Waals surface area (Å²) in [5.41, 5.74) is 2.34. The van der Waals surface area contributed by atoms with E-state index < -0.39 is 6.04 Å². The number of furan rings is 1. The van der Waals surface area contributed by atoms with E-state index >= 15 is 0 Å². The Morgan fingerprint density at radius 2 is 1.50 bits per heavy atom. The molecule has 6 nitrogen and oxygen atoms in total. The molecule has 0 radical (unpaired) electrons. The SMILES string of the molecule is CC(=O)Nc1ccc(NC(=O)[C@@H](C)N[C@H](c2ccccc2)c2ccco2)cc1. The van der Waals surface area contributed by atoms with Crippen LogP contribution in [0.25, 0.3) is 0 Å². The third-order valence-electron chi connectivity index (χ3n) is 4.24. The van der Waals surface area contributed by atoms with Crippen LogP contribution in [0.3, 0.4) is 0 Å². The van der Waals surface area contributed by atoms with Gasteiger partial charge in [0.2, 0.25) is 11.8 Å². The van der Waals surface area contributed by atoms with Crippen molar-refractivity contribution in [1.82, 2.24) is 5.32 Å². The zero-order valence-electron chi connectivity index (χ0n) is 15.8. The molecule has 0 unspecified atom stereocenters. The van der Waals surface area contributed by atoms with Crippen LogP contribution in [0.1, 0.15) is 31.2 Å². The summed E-state index contributed by atoms with van der Waals surface area (Å²) in [5, 5.41) is 8.90. The van der Waals surface area contributed by atoms with Gasteiger partial charge in [0.1, 0.15) is 5.76 Å². The summed E-state index contributed by atoms with van der Waals surface area (Å²) in [6.45, 7) is 3.26. The lowest BCUT2D eigenvalue weighted by molar-refractivity contribution is -0.118. The van der Waals surface area contributed by atoms with Crippen LogP contribution in [-0.2, 0) is 9.59 Å². The molecule has 0 aliphatic rings. The molecule has 1 aromatic heterocycles. The van der Waals surface area contributed by atoms with Crippen molar-refractivity contribution in [2.45, 2.75) is 25.9 Å². The predicted molar refractivity (Wildman–Crippen MR) is 109 cm³/mol. The molecule has 0 saturated carbocycles. The van der Waals surface area contributed by atoms with Crippen molar-refractivity contribution in [2.75, 3.05) is 10.6 Å². The monoisotopic (exact) mass is 377 g/mol. The summed E-state index contributed by atoms with van der Waals surface area (Å²) >= 11 is 0. The average Bonchev–Trinajstić information content (AvgIpc) is 3.22. The van der Waals surface area contributed by atoms with Crippen molar-refractivity contribution in [3.8, 4) is 0 Å². The van der Waals surface area contributed by atoms with Crippen LogP contribution in [0.2, 0.25) is 0 Å². The van der Waals surface area contributed by atoms with E-state index in [1.165, 1.54) is 6.92 Å². The van der Waals surface area contributed by atoms with E-state index in [0.29, 0.717) is 11.4 Å². The number of carbonyl (C=O) groups is 2. The number of amides is 2. The fourth-order valence-electron chi connectivity index (χ4n) is 2.86. The minimum atomic E-state index is -0.467. The molecule has 28 heavy (non-hydrogen) atoms. The molecule has 144 valence electrons. The topological polar surface area (TPSA) is 83.4 Å². The van der Waals surface area contributed by atoms with E-state index in [1.54, 1.807) is 37.5 Å². The van der Waals surface area contributed by atoms with Gasteiger partial charge in [0.15, 0.2) is 0 Å². The van der Waals surface area contributed by atoms with E-state index in [0.717, 1.165) is 11.3 Å². The van der Waals surface area contributed by atoms with Crippen LogP contribution in [0.5, 0.6) is 0 Å². The number of nitrogens with one attached hydrogen (secondary N) is 3. The molecule has 2 atom stereocenters. The largest absolute Gasteiger partial charge is 0.467 e. The molecule has 3 rings (SSSR count). The zero-order valence-corrected chi connectivity index (χ0v) is 15.8. The van der Waals surface area contributed by atoms with Gasteiger partial charge in [0.25, 0.3) is 0 Å². The van der Waals surface area contributed by atoms with Crippen molar-refractivity contribution in [3.05, 3.63) is 84.3 Å². The number of benzene rings is 2. The first-order chi connectivity index (χ1) is 13.5. The first-order valence-electron chi connectivity index (χ1n) is 9.06. The van der Waals surface area contributed by atoms with E-state index in [4.69, 9.17) is 4.42 Å². The second-order valence-corrected chi connectivity index (χ2v) is 6.50. The maximum absolute atomic E-state index is 12.6. The fraction of sp³-hybridized carbons (Fsp3) is 0.182. The molecule has 1 heterocycles. The Morgan fingerprint density at radius 1 is 0.857 bits per heavy atom. The highest BCUT2D eigenvalue weighted by atomic mass is 16.3. The van der Waals surface area contributed by atoms with E-state index in [-0.39, 0.29) is 17.9 Å². The molecular weight excluding hydrogens is 354 g/mol. The van der Waals surface area contributed by atoms with Crippen LogP contribution < -0.4 is 16.0 Å². The Kier molecular flexibility index (Phi) is 6.24. The number of hydrogen-bond acceptors (Lipinski definition) is 4. The Hall–Kier alpha value is -3.38. The summed E-state index contributed by atoms with van der Waals surface area (Å²) in [6, 6.07) is 19.8. The van der Waals surface area contributed by atoms with Gasteiger partial charge in [-0.3, -0.25) is 14.9 Å². The van der Waals surface area contributed by atoms with Gasteiger partial charge in [-0.05, 0) is 48.9 Å². The van der Waals surface area contributed by atoms with Crippen molar-refractivity contribution < 1.29 is 14.0 Å². The lowest BCUT2D eigenvalue weighted by Gasteiger charge is -2.22. The summed E-state index contributed by atoms with van der Waals surface area (Å²) in [7, 11) is 0. The normalized spacial score (nSPS) is 12.8. The number of hydrogen-bond donors (Lipinski definition) is 3. The van der Waals surface area contributed by atoms with Gasteiger partial charge < -0.3 is 15.1 Å². The van der Waals surface area contributed by atoms with Gasteiger partial charge in [-0.25, -0.2) is 0 Å². The summed E-state index contributed by atoms with van der Waals surface area (Å²) in [4.78, 5) is 23.7. The summed E-state index contributed by atoms with van der Waals surface area (Å²) < 4.78 is 5.57. The van der Waals surface area contributed by atoms with Crippen molar-refractivity contribution >= 4 is 23.2 Å². The Labute approximate surface area is 164 Å². The second-order valence-electron chi connectivity index (χ2n) is 6.50. The molecule has 3 aromatic rings. The molecule has 0 fully saturated rings. The maximum atomic E-state index is 12.6. The van der Waals surface area contributed by atoms with Gasteiger partial charge in [0.05, 0.1) is 18.3 Å². The zero-order chi connectivity index (χ0) is 19.9. The third kappa shape index (κ3) is 5.08. The maximum Gasteiger partial charge on any atom is 0.241 e. The molecular formula is C22H23N3O3. The molecule has 2 aromatic carbocycles. The van der Waals surface area contributed by atoms with Gasteiger partial charge >= 0.3 is 0 Å². The molecule has 0 aliphatic carbocycles. The van der Waals surface area contributed by atoms with Gasteiger partial charge in [-0.15, -0.1) is 0 Å². The Bertz CT molecular complexity index is 906. The predicted octanol–water partition coefficient (Wildman–Crippen LogP) is 3.94. The fourth-order valence-corrected chi connectivity index (χ4v) is 2.86. The van der Waals surface area contributed by atoms with Crippen molar-refractivity contribution in [3.63, 3.8) is 0 Å². The standard InChI is InChI=1S/C22H23N3O3/c1-15(22(27)25-19-12-10-18(11-13-19)24-16(2)26)23-21(20-9-6-14-28-20)17-7-4-3-5-8-17/h3-15,21,23H,1-2H3,(H,24,26)(H,25,27)/t15-,21-/m1/s1. The lowest BCUT2D eigenvalue weighted by Crippen LogP contribution is -2.40. The molecule has 2 amide bonds. The van der Waals surface area contributed by atoms with E-state index in [9.17, 15) is 9.59 Å². The van der Waals surface area contributed by atoms with Gasteiger partial charge in [0, 0.05) is 18.3 Å². The third-order valence-corrected chi connectivity index (χ3v) is 4.24. The summed E-state index contributed by atoms with van der Waals surface area (Å²) in [6.07, 6.45) is 1.62. The number of rotatable bonds is 7. The smallest absolute Gasteiger partial charge is 0.241 e. The van der Waals surface area contributed by atoms with Crippen LogP contribution in [0.15, 0.2) is 77.4 Å². The van der Waals surface area contributed by atoms with Crippen molar-refractivity contribution in [2.24, 2.45) is 0 Å². The highest BCUT2D eigenvalue weighted by Crippen LogP contribution is 2.23. The lowest BCUT2D eigenvalue weighted by atomic mass is 10.0. The second kappa shape index (κ2) is 9.01. The first-order valence-corrected chi connectivity index (χ1v) is 9.06. The molecule has 6 heteroatoms. The number of carbonyl (C=O) groups excluding carboxylic acids is 2. The average molecular weight is 377 g/mol. The van der Waals surface area contributed by atoms with Gasteiger partial charge in [-0.2, -0.15) is 0 Å². The van der Waals surface area contributed by atoms with Crippen molar-refractivity contribution in [1.29, 1.82) is 0 Å². The number of anilines is 2. The van der Waals surface area contributed by atoms with Crippen LogP contribution in [0, 0.1) is 0 Å². The van der Waals surface area contributed by atoms with E-state index in [1.807, 2.05) is 42.5 Å². The Morgan fingerprint density at radius 3 is 2.07 bits per heavy atom. The van der Waals surface area contributed by atoms with Gasteiger partial charge in [-0.1, -0.05) is 30.3 Å². The summed E-state index contributed by atoms with van der Waals surface area (Å²) in [5.74, 6) is 0.435. The highest BCUT2D eigenvalue weighted by Gasteiger charge is 2.22. The molecule has 0 bridgehead atoms. The highest BCUT2D eigenvalue weighted by molar-refractivity contribution is 5.95. The van der Waals surface area contributed by atoms with E-state index in [2.05, 4.69) is 16.0 Å². The first kappa shape index (κ1) is 19.4. The van der Waals surface area contributed by atoms with Crippen LogP contribution in [0.4, 0.5) is 11.4 Å². The molecule has 0 aliphatic heterocycles. The quantitative estimate of drug-likeness (QED) is 0.582. The molecule has 0 saturated heterocycles. The minimum absolute atomic E-state index is 0.139. The molecule has 3 N–H and O–H groups in total.